The Balaban J connectivity index is 2.53. The van der Waals surface area contributed by atoms with E-state index in [0.29, 0.717) is 0 Å². The van der Waals surface area contributed by atoms with Gasteiger partial charge < -0.3 is 4.74 Å². The lowest BCUT2D eigenvalue weighted by atomic mass is 10.3. The quantitative estimate of drug-likeness (QED) is 0.649. The van der Waals surface area contributed by atoms with Gasteiger partial charge in [0.1, 0.15) is 5.75 Å². The van der Waals surface area contributed by atoms with Gasteiger partial charge in [-0.15, -0.1) is 0 Å². The van der Waals surface area contributed by atoms with E-state index in [1.807, 2.05) is 18.2 Å². The highest BCUT2D eigenvalue weighted by Gasteiger charge is 1.89. The lowest BCUT2D eigenvalue weighted by molar-refractivity contribution is 0.479. The Morgan fingerprint density at radius 3 is 2.58 bits per heavy atom. The van der Waals surface area contributed by atoms with Gasteiger partial charge in [0.15, 0.2) is 0 Å². The molecule has 0 fully saturated rings. The van der Waals surface area contributed by atoms with Gasteiger partial charge in [-0.25, -0.2) is 0 Å². The Kier molecular flexibility index (Phi) is 3.68. The molecule has 0 atom stereocenters. The lowest BCUT2D eigenvalue weighted by Gasteiger charge is -1.98. The maximum Gasteiger partial charge on any atom is 0.126 e. The van der Waals surface area contributed by atoms with Crippen molar-refractivity contribution in [3.63, 3.8) is 0 Å². The van der Waals surface area contributed by atoms with E-state index in [2.05, 4.69) is 6.92 Å². The van der Waals surface area contributed by atoms with Crippen LogP contribution in [0.25, 0.3) is 0 Å². The first kappa shape index (κ1) is 9.14. The predicted molar refractivity (Wildman–Crippen MR) is 51.5 cm³/mol. The van der Waals surface area contributed by atoms with Crippen molar-refractivity contribution in [2.45, 2.75) is 13.3 Å². The van der Waals surface area contributed by atoms with Crippen LogP contribution in [0.3, 0.4) is 0 Å². The average molecular weight is 183 g/mol. The van der Waals surface area contributed by atoms with Gasteiger partial charge in [0, 0.05) is 5.02 Å². The highest BCUT2D eigenvalue weighted by molar-refractivity contribution is 6.30. The Labute approximate surface area is 77.6 Å². The molecule has 2 heteroatoms. The molecular formula is C10H11ClO. The largest absolute Gasteiger partial charge is 0.465 e. The molecule has 1 aromatic carbocycles. The molecule has 0 amide bonds. The van der Waals surface area contributed by atoms with Crippen LogP contribution in [0.5, 0.6) is 5.75 Å². The zero-order valence-corrected chi connectivity index (χ0v) is 7.71. The fraction of sp³-hybridized carbons (Fsp3) is 0.200. The normalized spacial score (nSPS) is 10.5. The molecule has 1 rings (SSSR count). The molecule has 0 radical (unpaired) electrons. The number of rotatable bonds is 3. The fourth-order valence-corrected chi connectivity index (χ4v) is 0.862. The monoisotopic (exact) mass is 182 g/mol. The van der Waals surface area contributed by atoms with Crippen molar-refractivity contribution in [1.82, 2.24) is 0 Å². The minimum Gasteiger partial charge on any atom is -0.465 e. The second-order valence-corrected chi connectivity index (χ2v) is 2.79. The summed E-state index contributed by atoms with van der Waals surface area (Å²) < 4.78 is 5.26. The van der Waals surface area contributed by atoms with E-state index in [1.54, 1.807) is 18.4 Å². The minimum atomic E-state index is 0.724. The molecule has 0 aliphatic carbocycles. The number of ether oxygens (including phenoxy) is 1. The zero-order valence-electron chi connectivity index (χ0n) is 6.96. The summed E-state index contributed by atoms with van der Waals surface area (Å²) in [7, 11) is 0. The second kappa shape index (κ2) is 4.83. The van der Waals surface area contributed by atoms with Gasteiger partial charge in [-0.1, -0.05) is 18.5 Å². The third-order valence-electron chi connectivity index (χ3n) is 1.35. The molecule has 0 bridgehead atoms. The molecule has 0 saturated heterocycles. The predicted octanol–water partition coefficient (Wildman–Crippen LogP) is 3.64. The van der Waals surface area contributed by atoms with Crippen molar-refractivity contribution < 1.29 is 4.74 Å². The minimum absolute atomic E-state index is 0.724. The van der Waals surface area contributed by atoms with E-state index < -0.39 is 0 Å². The SMILES string of the molecule is CC/C=C/Oc1ccc(Cl)cc1. The van der Waals surface area contributed by atoms with Crippen molar-refractivity contribution in [2.24, 2.45) is 0 Å². The van der Waals surface area contributed by atoms with E-state index in [1.165, 1.54) is 0 Å². The highest BCUT2D eigenvalue weighted by Crippen LogP contribution is 2.15. The van der Waals surface area contributed by atoms with Gasteiger partial charge in [0.2, 0.25) is 0 Å². The zero-order chi connectivity index (χ0) is 8.81. The van der Waals surface area contributed by atoms with Gasteiger partial charge in [0.25, 0.3) is 0 Å². The molecule has 1 aromatic rings. The van der Waals surface area contributed by atoms with Crippen LogP contribution in [0.2, 0.25) is 5.02 Å². The van der Waals surface area contributed by atoms with Crippen LogP contribution in [0.15, 0.2) is 36.6 Å². The molecule has 12 heavy (non-hydrogen) atoms. The number of allylic oxidation sites excluding steroid dienone is 1. The number of hydrogen-bond acceptors (Lipinski definition) is 1. The molecule has 0 aliphatic heterocycles. The van der Waals surface area contributed by atoms with Crippen molar-refractivity contribution in [1.29, 1.82) is 0 Å². The summed E-state index contributed by atoms with van der Waals surface area (Å²) in [5, 5.41) is 0.724. The van der Waals surface area contributed by atoms with Crippen LogP contribution in [-0.4, -0.2) is 0 Å². The Morgan fingerprint density at radius 2 is 2.00 bits per heavy atom. The lowest BCUT2D eigenvalue weighted by Crippen LogP contribution is -1.80. The van der Waals surface area contributed by atoms with Crippen LogP contribution in [0, 0.1) is 0 Å². The molecular weight excluding hydrogens is 172 g/mol. The van der Waals surface area contributed by atoms with Crippen LogP contribution in [0.1, 0.15) is 13.3 Å². The molecule has 0 unspecified atom stereocenters. The first-order valence-corrected chi connectivity index (χ1v) is 4.28. The summed E-state index contributed by atoms with van der Waals surface area (Å²) in [5.74, 6) is 0.809. The highest BCUT2D eigenvalue weighted by atomic mass is 35.5. The third kappa shape index (κ3) is 2.97. The van der Waals surface area contributed by atoms with Crippen molar-refractivity contribution in [2.75, 3.05) is 0 Å². The summed E-state index contributed by atoms with van der Waals surface area (Å²) in [6.45, 7) is 2.06. The molecule has 0 aromatic heterocycles. The number of hydrogen-bond donors (Lipinski definition) is 0. The number of halogens is 1. The van der Waals surface area contributed by atoms with Gasteiger partial charge in [0.05, 0.1) is 6.26 Å². The molecule has 0 heterocycles. The standard InChI is InChI=1S/C10H11ClO/c1-2-3-8-12-10-6-4-9(11)5-7-10/h3-8H,2H2,1H3/b8-3+. The van der Waals surface area contributed by atoms with Crippen molar-refractivity contribution in [3.05, 3.63) is 41.6 Å². The Hall–Kier alpha value is -0.950. The average Bonchev–Trinajstić information content (AvgIpc) is 2.09. The summed E-state index contributed by atoms with van der Waals surface area (Å²) in [6.07, 6.45) is 4.62. The van der Waals surface area contributed by atoms with Gasteiger partial charge >= 0.3 is 0 Å². The molecule has 0 saturated carbocycles. The van der Waals surface area contributed by atoms with E-state index in [0.717, 1.165) is 17.2 Å². The van der Waals surface area contributed by atoms with Crippen molar-refractivity contribution in [3.8, 4) is 5.75 Å². The Bertz CT molecular complexity index is 251. The molecule has 0 aliphatic rings. The Morgan fingerprint density at radius 1 is 1.33 bits per heavy atom. The molecule has 0 N–H and O–H groups in total. The van der Waals surface area contributed by atoms with E-state index in [-0.39, 0.29) is 0 Å². The first-order valence-electron chi connectivity index (χ1n) is 3.90. The maximum absolute atomic E-state index is 5.70. The van der Waals surface area contributed by atoms with Crippen LogP contribution in [0.4, 0.5) is 0 Å². The van der Waals surface area contributed by atoms with E-state index >= 15 is 0 Å². The van der Waals surface area contributed by atoms with Crippen LogP contribution >= 0.6 is 11.6 Å². The second-order valence-electron chi connectivity index (χ2n) is 2.35. The molecule has 0 spiro atoms. The summed E-state index contributed by atoms with van der Waals surface area (Å²) in [4.78, 5) is 0. The maximum atomic E-state index is 5.70. The van der Waals surface area contributed by atoms with Crippen LogP contribution in [-0.2, 0) is 0 Å². The van der Waals surface area contributed by atoms with Crippen molar-refractivity contribution >= 4 is 11.6 Å². The first-order chi connectivity index (χ1) is 5.83. The summed E-state index contributed by atoms with van der Waals surface area (Å²) in [6, 6.07) is 7.28. The fourth-order valence-electron chi connectivity index (χ4n) is 0.736. The van der Waals surface area contributed by atoms with Gasteiger partial charge in [-0.2, -0.15) is 0 Å². The van der Waals surface area contributed by atoms with Crippen LogP contribution < -0.4 is 4.74 Å². The summed E-state index contributed by atoms with van der Waals surface area (Å²) in [5.41, 5.74) is 0. The molecule has 1 nitrogen and oxygen atoms in total. The van der Waals surface area contributed by atoms with Gasteiger partial charge in [-0.3, -0.25) is 0 Å². The van der Waals surface area contributed by atoms with Gasteiger partial charge in [-0.05, 0) is 36.8 Å². The third-order valence-corrected chi connectivity index (χ3v) is 1.60. The number of benzene rings is 1. The van der Waals surface area contributed by atoms with E-state index in [9.17, 15) is 0 Å². The topological polar surface area (TPSA) is 9.23 Å². The smallest absolute Gasteiger partial charge is 0.126 e. The summed E-state index contributed by atoms with van der Waals surface area (Å²) >= 11 is 5.70. The van der Waals surface area contributed by atoms with E-state index in [4.69, 9.17) is 16.3 Å². The molecule has 64 valence electrons.